The molecule has 7 heteroatoms. The Labute approximate surface area is 124 Å². The molecule has 0 unspecified atom stereocenters. The van der Waals surface area contributed by atoms with Crippen LogP contribution in [0.5, 0.6) is 0 Å². The number of hydrogen-bond acceptors (Lipinski definition) is 4. The second-order valence-corrected chi connectivity index (χ2v) is 4.61. The summed E-state index contributed by atoms with van der Waals surface area (Å²) in [5, 5.41) is 3.33. The quantitative estimate of drug-likeness (QED) is 0.804. The number of rotatable bonds is 4. The van der Waals surface area contributed by atoms with Gasteiger partial charge in [0.05, 0.1) is 11.2 Å². The van der Waals surface area contributed by atoms with E-state index in [1.54, 1.807) is 0 Å². The molecule has 22 heavy (non-hydrogen) atoms. The van der Waals surface area contributed by atoms with Crippen LogP contribution in [0, 0.1) is 17.5 Å². The van der Waals surface area contributed by atoms with Crippen LogP contribution in [0.25, 0.3) is 10.9 Å². The Bertz CT molecular complexity index is 823. The van der Waals surface area contributed by atoms with E-state index in [4.69, 9.17) is 0 Å². The Morgan fingerprint density at radius 1 is 0.955 bits per heavy atom. The van der Waals surface area contributed by atoms with Crippen LogP contribution in [0.15, 0.2) is 36.8 Å². The third-order valence-electron chi connectivity index (χ3n) is 3.17. The van der Waals surface area contributed by atoms with Gasteiger partial charge in [0.25, 0.3) is 0 Å². The third-order valence-corrected chi connectivity index (χ3v) is 3.17. The number of fused-ring (bicyclic) bond motifs is 1. The summed E-state index contributed by atoms with van der Waals surface area (Å²) >= 11 is 0. The highest BCUT2D eigenvalue weighted by molar-refractivity contribution is 5.88. The van der Waals surface area contributed by atoms with Crippen LogP contribution in [0.1, 0.15) is 5.69 Å². The number of nitrogens with one attached hydrogen (secondary N) is 1. The summed E-state index contributed by atoms with van der Waals surface area (Å²) in [5.41, 5.74) is 0.617. The van der Waals surface area contributed by atoms with Crippen molar-refractivity contribution in [2.45, 2.75) is 6.42 Å². The van der Waals surface area contributed by atoms with E-state index >= 15 is 0 Å². The average molecular weight is 304 g/mol. The van der Waals surface area contributed by atoms with E-state index in [-0.39, 0.29) is 5.82 Å². The van der Waals surface area contributed by atoms with Gasteiger partial charge in [-0.1, -0.05) is 0 Å². The fourth-order valence-electron chi connectivity index (χ4n) is 2.09. The van der Waals surface area contributed by atoms with Crippen LogP contribution in [0.3, 0.4) is 0 Å². The molecular formula is C15H11F3N4. The van der Waals surface area contributed by atoms with Gasteiger partial charge in [-0.15, -0.1) is 0 Å². The summed E-state index contributed by atoms with van der Waals surface area (Å²) in [7, 11) is 0. The lowest BCUT2D eigenvalue weighted by Crippen LogP contribution is -2.09. The summed E-state index contributed by atoms with van der Waals surface area (Å²) < 4.78 is 40.0. The number of hydrogen-bond donors (Lipinski definition) is 1. The first-order valence-corrected chi connectivity index (χ1v) is 6.58. The Morgan fingerprint density at radius 3 is 2.59 bits per heavy atom. The minimum atomic E-state index is -0.971. The number of benzene rings is 1. The maximum absolute atomic E-state index is 13.5. The molecule has 4 nitrogen and oxygen atoms in total. The van der Waals surface area contributed by atoms with Crippen molar-refractivity contribution in [3.05, 3.63) is 59.9 Å². The summed E-state index contributed by atoms with van der Waals surface area (Å²) in [5.74, 6) is -1.96. The van der Waals surface area contributed by atoms with Crippen LogP contribution >= 0.6 is 0 Å². The summed E-state index contributed by atoms with van der Waals surface area (Å²) in [4.78, 5) is 11.8. The lowest BCUT2D eigenvalue weighted by atomic mass is 10.2. The molecule has 0 spiro atoms. The third kappa shape index (κ3) is 2.83. The Kier molecular flexibility index (Phi) is 3.86. The molecular weight excluding hydrogens is 293 g/mol. The van der Waals surface area contributed by atoms with Crippen LogP contribution in [0.4, 0.5) is 19.0 Å². The molecule has 0 radical (unpaired) electrons. The molecule has 0 aliphatic carbocycles. The highest BCUT2D eigenvalue weighted by Gasteiger charge is 2.09. The van der Waals surface area contributed by atoms with E-state index in [1.165, 1.54) is 24.7 Å². The number of halogens is 3. The van der Waals surface area contributed by atoms with Gasteiger partial charge in [-0.05, 0) is 18.2 Å². The molecule has 2 aromatic heterocycles. The first kappa shape index (κ1) is 14.2. The molecule has 1 N–H and O–H groups in total. The largest absolute Gasteiger partial charge is 0.369 e. The SMILES string of the molecule is Fc1cc2ncnc(NCCc3ncccc3F)c2cc1F. The van der Waals surface area contributed by atoms with E-state index in [2.05, 4.69) is 20.3 Å². The molecule has 0 saturated carbocycles. The molecule has 3 aromatic rings. The fraction of sp³-hybridized carbons (Fsp3) is 0.133. The number of nitrogens with zero attached hydrogens (tertiary/aromatic N) is 3. The summed E-state index contributed by atoms with van der Waals surface area (Å²) in [6, 6.07) is 4.90. The van der Waals surface area contributed by atoms with Gasteiger partial charge >= 0.3 is 0 Å². The second-order valence-electron chi connectivity index (χ2n) is 4.61. The van der Waals surface area contributed by atoms with E-state index in [1.807, 2.05) is 0 Å². The molecule has 0 fully saturated rings. The van der Waals surface area contributed by atoms with Gasteiger partial charge in [-0.3, -0.25) is 4.98 Å². The zero-order valence-corrected chi connectivity index (χ0v) is 11.4. The Hall–Kier alpha value is -2.70. The minimum Gasteiger partial charge on any atom is -0.369 e. The van der Waals surface area contributed by atoms with Gasteiger partial charge in [0.2, 0.25) is 0 Å². The van der Waals surface area contributed by atoms with E-state index in [0.717, 1.165) is 12.1 Å². The summed E-state index contributed by atoms with van der Waals surface area (Å²) in [6.45, 7) is 0.346. The molecule has 2 heterocycles. The zero-order valence-electron chi connectivity index (χ0n) is 11.4. The molecule has 0 atom stereocenters. The maximum atomic E-state index is 13.5. The standard InChI is InChI=1S/C15H11F3N4/c16-10-2-1-4-19-13(10)3-5-20-15-9-6-11(17)12(18)7-14(9)21-8-22-15/h1-2,4,6-8H,3,5H2,(H,20,21,22). The van der Waals surface area contributed by atoms with Crippen molar-refractivity contribution in [3.63, 3.8) is 0 Å². The van der Waals surface area contributed by atoms with Crippen molar-refractivity contribution in [1.82, 2.24) is 15.0 Å². The topological polar surface area (TPSA) is 50.7 Å². The Balaban J connectivity index is 1.79. The molecule has 0 aliphatic heterocycles. The van der Waals surface area contributed by atoms with Crippen molar-refractivity contribution in [2.75, 3.05) is 11.9 Å². The van der Waals surface area contributed by atoms with Crippen molar-refractivity contribution in [1.29, 1.82) is 0 Å². The minimum absolute atomic E-state index is 0.292. The second kappa shape index (κ2) is 5.97. The highest BCUT2D eigenvalue weighted by Crippen LogP contribution is 2.22. The predicted octanol–water partition coefficient (Wildman–Crippen LogP) is 3.10. The van der Waals surface area contributed by atoms with Crippen molar-refractivity contribution in [2.24, 2.45) is 0 Å². The monoisotopic (exact) mass is 304 g/mol. The normalized spacial score (nSPS) is 10.9. The molecule has 0 amide bonds. The smallest absolute Gasteiger partial charge is 0.161 e. The average Bonchev–Trinajstić information content (AvgIpc) is 2.51. The van der Waals surface area contributed by atoms with Crippen LogP contribution in [-0.2, 0) is 6.42 Å². The van der Waals surface area contributed by atoms with Gasteiger partial charge in [-0.2, -0.15) is 0 Å². The molecule has 0 saturated heterocycles. The van der Waals surface area contributed by atoms with E-state index < -0.39 is 11.6 Å². The van der Waals surface area contributed by atoms with Crippen LogP contribution in [0.2, 0.25) is 0 Å². The number of aromatic nitrogens is 3. The molecule has 1 aromatic carbocycles. The molecule has 0 bridgehead atoms. The van der Waals surface area contributed by atoms with E-state index in [9.17, 15) is 13.2 Å². The van der Waals surface area contributed by atoms with Crippen molar-refractivity contribution >= 4 is 16.7 Å². The van der Waals surface area contributed by atoms with Gasteiger partial charge in [-0.25, -0.2) is 23.1 Å². The van der Waals surface area contributed by atoms with E-state index in [0.29, 0.717) is 35.4 Å². The summed E-state index contributed by atoms with van der Waals surface area (Å²) in [6.07, 6.45) is 3.10. The highest BCUT2D eigenvalue weighted by atomic mass is 19.2. The molecule has 0 aliphatic rings. The van der Waals surface area contributed by atoms with Crippen LogP contribution < -0.4 is 5.32 Å². The lowest BCUT2D eigenvalue weighted by Gasteiger charge is -2.08. The van der Waals surface area contributed by atoms with Gasteiger partial charge < -0.3 is 5.32 Å². The van der Waals surface area contributed by atoms with Crippen molar-refractivity contribution < 1.29 is 13.2 Å². The first-order valence-electron chi connectivity index (χ1n) is 6.58. The van der Waals surface area contributed by atoms with Gasteiger partial charge in [0.1, 0.15) is 18.0 Å². The van der Waals surface area contributed by atoms with Gasteiger partial charge in [0.15, 0.2) is 11.6 Å². The van der Waals surface area contributed by atoms with Crippen LogP contribution in [-0.4, -0.2) is 21.5 Å². The maximum Gasteiger partial charge on any atom is 0.161 e. The van der Waals surface area contributed by atoms with Crippen molar-refractivity contribution in [3.8, 4) is 0 Å². The molecule has 112 valence electrons. The number of pyridine rings is 1. The Morgan fingerprint density at radius 2 is 1.77 bits per heavy atom. The predicted molar refractivity (Wildman–Crippen MR) is 75.8 cm³/mol. The fourth-order valence-corrected chi connectivity index (χ4v) is 2.09. The zero-order chi connectivity index (χ0) is 15.5. The molecule has 3 rings (SSSR count). The first-order chi connectivity index (χ1) is 10.6. The lowest BCUT2D eigenvalue weighted by molar-refractivity contribution is 0.510. The van der Waals surface area contributed by atoms with Gasteiger partial charge in [0, 0.05) is 30.6 Å². The number of anilines is 1.